The molecule has 1 fully saturated rings. The van der Waals surface area contributed by atoms with Gasteiger partial charge in [0, 0.05) is 6.04 Å². The second-order valence-electron chi connectivity index (χ2n) is 4.15. The Hall–Kier alpha value is -1.10. The third-order valence-corrected chi connectivity index (χ3v) is 3.26. The van der Waals surface area contributed by atoms with Crippen molar-refractivity contribution in [1.82, 2.24) is 10.3 Å². The van der Waals surface area contributed by atoms with Gasteiger partial charge in [-0.2, -0.15) is 0 Å². The highest BCUT2D eigenvalue weighted by molar-refractivity contribution is 9.10. The topological polar surface area (TPSA) is 51.2 Å². The Labute approximate surface area is 109 Å². The molecule has 0 saturated heterocycles. The van der Waals surface area contributed by atoms with Crippen LogP contribution in [0.25, 0.3) is 0 Å². The summed E-state index contributed by atoms with van der Waals surface area (Å²) in [5.74, 6) is 0.551. The predicted molar refractivity (Wildman–Crippen MR) is 67.8 cm³/mol. The summed E-state index contributed by atoms with van der Waals surface area (Å²) in [6, 6.07) is 3.90. The van der Waals surface area contributed by atoms with E-state index in [0.717, 1.165) is 17.4 Å². The Morgan fingerprint density at radius 3 is 2.88 bits per heavy atom. The highest BCUT2D eigenvalue weighted by Gasteiger charge is 2.17. The maximum atomic E-state index is 11.6. The van der Waals surface area contributed by atoms with E-state index >= 15 is 0 Å². The minimum Gasteiger partial charge on any atom is -0.482 e. The fourth-order valence-electron chi connectivity index (χ4n) is 1.94. The number of ether oxygens (including phenoxy) is 1. The van der Waals surface area contributed by atoms with Gasteiger partial charge < -0.3 is 10.1 Å². The lowest BCUT2D eigenvalue weighted by Gasteiger charge is -2.12. The first-order valence-electron chi connectivity index (χ1n) is 5.78. The van der Waals surface area contributed by atoms with Crippen LogP contribution in [0.4, 0.5) is 0 Å². The van der Waals surface area contributed by atoms with Crippen LogP contribution in [-0.4, -0.2) is 23.5 Å². The predicted octanol–water partition coefficient (Wildman–Crippen LogP) is 2.28. The van der Waals surface area contributed by atoms with Crippen molar-refractivity contribution in [2.75, 3.05) is 6.61 Å². The molecule has 0 atom stereocenters. The van der Waals surface area contributed by atoms with Crippen molar-refractivity contribution in [3.05, 3.63) is 22.9 Å². The van der Waals surface area contributed by atoms with E-state index in [1.807, 2.05) is 0 Å². The number of amides is 1. The Bertz CT molecular complexity index is 375. The van der Waals surface area contributed by atoms with Gasteiger partial charge in [0.2, 0.25) is 0 Å². The summed E-state index contributed by atoms with van der Waals surface area (Å²) in [6.07, 6.45) is 6.19. The zero-order valence-electron chi connectivity index (χ0n) is 9.49. The molecule has 1 aromatic rings. The average Bonchev–Trinajstić information content (AvgIpc) is 2.81. The zero-order chi connectivity index (χ0) is 12.1. The molecule has 2 rings (SSSR count). The van der Waals surface area contributed by atoms with Gasteiger partial charge >= 0.3 is 0 Å². The highest BCUT2D eigenvalue weighted by Crippen LogP contribution is 2.17. The van der Waals surface area contributed by atoms with Crippen LogP contribution in [0.1, 0.15) is 25.7 Å². The van der Waals surface area contributed by atoms with Gasteiger partial charge in [-0.15, -0.1) is 0 Å². The normalized spacial score (nSPS) is 15.8. The molecule has 92 valence electrons. The number of aromatic nitrogens is 1. The fraction of sp³-hybridized carbons (Fsp3) is 0.500. The number of nitrogens with zero attached hydrogens (tertiary/aromatic N) is 1. The molecule has 17 heavy (non-hydrogen) atoms. The van der Waals surface area contributed by atoms with Crippen LogP contribution >= 0.6 is 15.9 Å². The van der Waals surface area contributed by atoms with Crippen molar-refractivity contribution in [2.24, 2.45) is 0 Å². The summed E-state index contributed by atoms with van der Waals surface area (Å²) < 4.78 is 6.09. The summed E-state index contributed by atoms with van der Waals surface area (Å²) in [5, 5.41) is 2.97. The third kappa shape index (κ3) is 4.00. The standard InChI is InChI=1S/C12H15BrN2O2/c13-11-6-5-10(7-14-11)17-8-12(16)15-9-3-1-2-4-9/h5-7,9H,1-4,8H2,(H,15,16). The van der Waals surface area contributed by atoms with Gasteiger partial charge in [0.05, 0.1) is 6.20 Å². The molecule has 0 unspecified atom stereocenters. The molecule has 5 heteroatoms. The number of pyridine rings is 1. The molecule has 0 aromatic carbocycles. The second-order valence-corrected chi connectivity index (χ2v) is 4.97. The third-order valence-electron chi connectivity index (χ3n) is 2.79. The second kappa shape index (κ2) is 6.00. The van der Waals surface area contributed by atoms with Crippen LogP contribution in [0.3, 0.4) is 0 Å². The van der Waals surface area contributed by atoms with Crippen LogP contribution in [0.5, 0.6) is 5.75 Å². The molecule has 4 nitrogen and oxygen atoms in total. The van der Waals surface area contributed by atoms with Gasteiger partial charge in [-0.25, -0.2) is 4.98 Å². The van der Waals surface area contributed by atoms with Gasteiger partial charge in [0.25, 0.3) is 5.91 Å². The molecular weight excluding hydrogens is 284 g/mol. The SMILES string of the molecule is O=C(COc1ccc(Br)nc1)NC1CCCC1. The van der Waals surface area contributed by atoms with Crippen molar-refractivity contribution in [2.45, 2.75) is 31.7 Å². The number of hydrogen-bond donors (Lipinski definition) is 1. The van der Waals surface area contributed by atoms with E-state index in [0.29, 0.717) is 11.8 Å². The molecule has 1 amide bonds. The molecule has 1 aromatic heterocycles. The minimum atomic E-state index is -0.0557. The highest BCUT2D eigenvalue weighted by atomic mass is 79.9. The van der Waals surface area contributed by atoms with Crippen molar-refractivity contribution in [1.29, 1.82) is 0 Å². The van der Waals surface area contributed by atoms with Crippen molar-refractivity contribution < 1.29 is 9.53 Å². The van der Waals surface area contributed by atoms with Crippen molar-refractivity contribution in [3.8, 4) is 5.75 Å². The summed E-state index contributed by atoms with van der Waals surface area (Å²) in [6.45, 7) is 0.0554. The van der Waals surface area contributed by atoms with E-state index in [9.17, 15) is 4.79 Å². The Balaban J connectivity index is 1.73. The van der Waals surface area contributed by atoms with Crippen LogP contribution in [-0.2, 0) is 4.79 Å². The lowest BCUT2D eigenvalue weighted by molar-refractivity contribution is -0.123. The Morgan fingerprint density at radius 1 is 1.47 bits per heavy atom. The van der Waals surface area contributed by atoms with Crippen LogP contribution in [0, 0.1) is 0 Å². The number of hydrogen-bond acceptors (Lipinski definition) is 3. The van der Waals surface area contributed by atoms with E-state index < -0.39 is 0 Å². The van der Waals surface area contributed by atoms with Gasteiger partial charge in [0.1, 0.15) is 10.4 Å². The molecule has 0 radical (unpaired) electrons. The van der Waals surface area contributed by atoms with Crippen molar-refractivity contribution >= 4 is 21.8 Å². The van der Waals surface area contributed by atoms with E-state index in [4.69, 9.17) is 4.74 Å². The molecule has 1 heterocycles. The monoisotopic (exact) mass is 298 g/mol. The zero-order valence-corrected chi connectivity index (χ0v) is 11.1. The smallest absolute Gasteiger partial charge is 0.258 e. The molecule has 1 aliphatic carbocycles. The number of rotatable bonds is 4. The molecule has 0 bridgehead atoms. The minimum absolute atomic E-state index is 0.0554. The van der Waals surface area contributed by atoms with Gasteiger partial charge in [0.15, 0.2) is 6.61 Å². The number of carbonyl (C=O) groups is 1. The lowest BCUT2D eigenvalue weighted by Crippen LogP contribution is -2.36. The summed E-state index contributed by atoms with van der Waals surface area (Å²) in [5.41, 5.74) is 0. The first-order valence-corrected chi connectivity index (χ1v) is 6.57. The maximum absolute atomic E-state index is 11.6. The molecule has 0 aliphatic heterocycles. The summed E-state index contributed by atoms with van der Waals surface area (Å²) in [4.78, 5) is 15.6. The van der Waals surface area contributed by atoms with E-state index in [-0.39, 0.29) is 12.5 Å². The van der Waals surface area contributed by atoms with Crippen molar-refractivity contribution in [3.63, 3.8) is 0 Å². The first kappa shape index (κ1) is 12.4. The van der Waals surface area contributed by atoms with Gasteiger partial charge in [-0.1, -0.05) is 12.8 Å². The molecular formula is C12H15BrN2O2. The van der Waals surface area contributed by atoms with Gasteiger partial charge in [-0.3, -0.25) is 4.79 Å². The summed E-state index contributed by atoms with van der Waals surface area (Å²) >= 11 is 3.24. The summed E-state index contributed by atoms with van der Waals surface area (Å²) in [7, 11) is 0. The van der Waals surface area contributed by atoms with Gasteiger partial charge in [-0.05, 0) is 40.9 Å². The van der Waals surface area contributed by atoms with Crippen LogP contribution in [0.15, 0.2) is 22.9 Å². The van der Waals surface area contributed by atoms with E-state index in [2.05, 4.69) is 26.2 Å². The van der Waals surface area contributed by atoms with E-state index in [1.165, 1.54) is 12.8 Å². The molecule has 1 aliphatic rings. The Morgan fingerprint density at radius 2 is 2.24 bits per heavy atom. The van der Waals surface area contributed by atoms with Crippen LogP contribution in [0.2, 0.25) is 0 Å². The fourth-order valence-corrected chi connectivity index (χ4v) is 2.17. The van der Waals surface area contributed by atoms with Crippen LogP contribution < -0.4 is 10.1 Å². The maximum Gasteiger partial charge on any atom is 0.258 e. The number of nitrogens with one attached hydrogen (secondary N) is 1. The lowest BCUT2D eigenvalue weighted by atomic mass is 10.2. The van der Waals surface area contributed by atoms with E-state index in [1.54, 1.807) is 18.3 Å². The number of halogens is 1. The largest absolute Gasteiger partial charge is 0.482 e. The molecule has 1 N–H and O–H groups in total. The average molecular weight is 299 g/mol. The molecule has 1 saturated carbocycles. The first-order chi connectivity index (χ1) is 8.24. The molecule has 0 spiro atoms. The number of carbonyl (C=O) groups excluding carboxylic acids is 1. The Kier molecular flexibility index (Phi) is 4.36. The quantitative estimate of drug-likeness (QED) is 0.868.